The van der Waals surface area contributed by atoms with Gasteiger partial charge in [0.1, 0.15) is 13.2 Å². The van der Waals surface area contributed by atoms with Gasteiger partial charge in [0.15, 0.2) is 11.5 Å². The second kappa shape index (κ2) is 6.92. The SMILES string of the molecule is [O-]N(O)c1ccc(OCCO)c(OCCO)c1. The van der Waals surface area contributed by atoms with Gasteiger partial charge in [0.2, 0.25) is 0 Å². The minimum Gasteiger partial charge on any atom is -0.733 e. The highest BCUT2D eigenvalue weighted by atomic mass is 16.8. The average molecular weight is 244 g/mol. The Morgan fingerprint density at radius 2 is 1.65 bits per heavy atom. The molecule has 0 aliphatic carbocycles. The highest BCUT2D eigenvalue weighted by molar-refractivity contribution is 5.55. The van der Waals surface area contributed by atoms with Gasteiger partial charge in [0.05, 0.1) is 18.9 Å². The number of ether oxygens (including phenoxy) is 2. The van der Waals surface area contributed by atoms with E-state index in [1.807, 2.05) is 0 Å². The molecule has 0 saturated heterocycles. The number of nitrogens with zero attached hydrogens (tertiary/aromatic N) is 1. The molecule has 0 aliphatic heterocycles. The van der Waals surface area contributed by atoms with Crippen LogP contribution in [-0.2, 0) is 0 Å². The lowest BCUT2D eigenvalue weighted by atomic mass is 10.3. The van der Waals surface area contributed by atoms with E-state index in [-0.39, 0.29) is 43.1 Å². The molecule has 0 radical (unpaired) electrons. The van der Waals surface area contributed by atoms with Crippen molar-refractivity contribution in [1.82, 2.24) is 0 Å². The van der Waals surface area contributed by atoms with Crippen LogP contribution in [0.2, 0.25) is 0 Å². The second-order valence-electron chi connectivity index (χ2n) is 3.05. The van der Waals surface area contributed by atoms with E-state index in [4.69, 9.17) is 24.9 Å². The minimum absolute atomic E-state index is 0.0192. The number of benzene rings is 1. The van der Waals surface area contributed by atoms with Crippen molar-refractivity contribution in [2.24, 2.45) is 0 Å². The molecular formula is C10H14NO6-. The van der Waals surface area contributed by atoms with E-state index in [0.717, 1.165) is 0 Å². The van der Waals surface area contributed by atoms with Crippen LogP contribution in [-0.4, -0.2) is 41.8 Å². The zero-order valence-corrected chi connectivity index (χ0v) is 9.07. The summed E-state index contributed by atoms with van der Waals surface area (Å²) < 4.78 is 10.3. The van der Waals surface area contributed by atoms with Gasteiger partial charge in [-0.15, -0.1) is 0 Å². The predicted octanol–water partition coefficient (Wildman–Crippen LogP) is 0.122. The molecule has 0 aromatic heterocycles. The Balaban J connectivity index is 2.86. The largest absolute Gasteiger partial charge is 0.733 e. The molecule has 0 fully saturated rings. The van der Waals surface area contributed by atoms with Crippen LogP contribution < -0.4 is 14.7 Å². The minimum atomic E-state index is -0.304. The monoisotopic (exact) mass is 244 g/mol. The molecule has 7 heteroatoms. The quantitative estimate of drug-likeness (QED) is 0.585. The normalized spacial score (nSPS) is 10.1. The lowest BCUT2D eigenvalue weighted by Crippen LogP contribution is -2.10. The summed E-state index contributed by atoms with van der Waals surface area (Å²) in [4.78, 5) is 0. The summed E-state index contributed by atoms with van der Waals surface area (Å²) >= 11 is 0. The Labute approximate surface area is 98.0 Å². The summed E-state index contributed by atoms with van der Waals surface area (Å²) in [5, 5.41) is 36.4. The number of aliphatic hydroxyl groups excluding tert-OH is 2. The van der Waals surface area contributed by atoms with E-state index >= 15 is 0 Å². The molecule has 0 amide bonds. The molecule has 96 valence electrons. The number of hydrogen-bond acceptors (Lipinski definition) is 7. The van der Waals surface area contributed by atoms with E-state index in [0.29, 0.717) is 5.75 Å². The summed E-state index contributed by atoms with van der Waals surface area (Å²) in [6.45, 7) is -0.239. The van der Waals surface area contributed by atoms with E-state index in [2.05, 4.69) is 0 Å². The zero-order chi connectivity index (χ0) is 12.7. The summed E-state index contributed by atoms with van der Waals surface area (Å²) in [7, 11) is 0. The van der Waals surface area contributed by atoms with Crippen molar-refractivity contribution in [3.05, 3.63) is 23.4 Å². The first-order chi connectivity index (χ1) is 8.19. The lowest BCUT2D eigenvalue weighted by molar-refractivity contribution is 0.178. The van der Waals surface area contributed by atoms with E-state index in [1.165, 1.54) is 18.2 Å². The number of rotatable bonds is 7. The Kier molecular flexibility index (Phi) is 5.50. The Morgan fingerprint density at radius 3 is 2.18 bits per heavy atom. The van der Waals surface area contributed by atoms with Crippen molar-refractivity contribution in [2.45, 2.75) is 0 Å². The maximum absolute atomic E-state index is 10.7. The zero-order valence-electron chi connectivity index (χ0n) is 9.07. The Morgan fingerprint density at radius 1 is 1.06 bits per heavy atom. The van der Waals surface area contributed by atoms with Crippen LogP contribution in [0.1, 0.15) is 0 Å². The molecule has 0 heterocycles. The highest BCUT2D eigenvalue weighted by Gasteiger charge is 2.07. The average Bonchev–Trinajstić information content (AvgIpc) is 2.34. The van der Waals surface area contributed by atoms with E-state index < -0.39 is 0 Å². The highest BCUT2D eigenvalue weighted by Crippen LogP contribution is 2.31. The molecule has 1 aromatic rings. The van der Waals surface area contributed by atoms with Crippen LogP contribution in [0.3, 0.4) is 0 Å². The smallest absolute Gasteiger partial charge is 0.163 e. The maximum atomic E-state index is 10.7. The van der Waals surface area contributed by atoms with Crippen LogP contribution >= 0.6 is 0 Å². The van der Waals surface area contributed by atoms with Crippen LogP contribution in [0.5, 0.6) is 11.5 Å². The Bertz CT molecular complexity index is 344. The van der Waals surface area contributed by atoms with Crippen LogP contribution in [0.4, 0.5) is 5.69 Å². The van der Waals surface area contributed by atoms with Crippen molar-refractivity contribution in [3.8, 4) is 11.5 Å². The van der Waals surface area contributed by atoms with Crippen molar-refractivity contribution in [3.63, 3.8) is 0 Å². The van der Waals surface area contributed by atoms with Gasteiger partial charge in [-0.2, -0.15) is 0 Å². The van der Waals surface area contributed by atoms with Crippen LogP contribution in [0, 0.1) is 5.21 Å². The summed E-state index contributed by atoms with van der Waals surface area (Å²) in [6.07, 6.45) is 0. The molecule has 0 bridgehead atoms. The fraction of sp³-hybridized carbons (Fsp3) is 0.400. The number of hydrogen-bond donors (Lipinski definition) is 3. The van der Waals surface area contributed by atoms with Crippen molar-refractivity contribution in [2.75, 3.05) is 31.7 Å². The molecule has 7 nitrogen and oxygen atoms in total. The van der Waals surface area contributed by atoms with Crippen molar-refractivity contribution < 1.29 is 24.9 Å². The molecule has 1 rings (SSSR count). The third-order valence-corrected chi connectivity index (χ3v) is 1.85. The van der Waals surface area contributed by atoms with Gasteiger partial charge in [-0.05, 0) is 12.1 Å². The third kappa shape index (κ3) is 4.08. The Hall–Kier alpha value is -1.54. The molecule has 0 atom stereocenters. The van der Waals surface area contributed by atoms with Gasteiger partial charge in [0, 0.05) is 6.07 Å². The number of anilines is 1. The molecule has 17 heavy (non-hydrogen) atoms. The fourth-order valence-corrected chi connectivity index (χ4v) is 1.16. The topological polar surface area (TPSA) is 105 Å². The van der Waals surface area contributed by atoms with E-state index in [9.17, 15) is 5.21 Å². The first kappa shape index (κ1) is 13.5. The second-order valence-corrected chi connectivity index (χ2v) is 3.05. The van der Waals surface area contributed by atoms with Crippen molar-refractivity contribution in [1.29, 1.82) is 0 Å². The van der Waals surface area contributed by atoms with Crippen LogP contribution in [0.25, 0.3) is 0 Å². The first-order valence-electron chi connectivity index (χ1n) is 4.96. The first-order valence-corrected chi connectivity index (χ1v) is 4.96. The van der Waals surface area contributed by atoms with Gasteiger partial charge in [-0.3, -0.25) is 5.21 Å². The third-order valence-electron chi connectivity index (χ3n) is 1.85. The predicted molar refractivity (Wildman–Crippen MR) is 59.2 cm³/mol. The van der Waals surface area contributed by atoms with Gasteiger partial charge in [-0.1, -0.05) is 0 Å². The summed E-state index contributed by atoms with van der Waals surface area (Å²) in [6, 6.07) is 4.04. The molecule has 1 aromatic carbocycles. The lowest BCUT2D eigenvalue weighted by Gasteiger charge is -2.23. The van der Waals surface area contributed by atoms with Gasteiger partial charge in [-0.25, -0.2) is 0 Å². The van der Waals surface area contributed by atoms with E-state index in [1.54, 1.807) is 0 Å². The molecule has 0 aliphatic rings. The van der Waals surface area contributed by atoms with Crippen LogP contribution in [0.15, 0.2) is 18.2 Å². The maximum Gasteiger partial charge on any atom is 0.163 e. The van der Waals surface area contributed by atoms with Gasteiger partial charge < -0.3 is 30.1 Å². The molecule has 0 saturated carbocycles. The fourth-order valence-electron chi connectivity index (χ4n) is 1.16. The molecular weight excluding hydrogens is 230 g/mol. The van der Waals surface area contributed by atoms with Gasteiger partial charge in [0.25, 0.3) is 0 Å². The standard InChI is InChI=1S/C10H14NO6/c12-3-5-16-9-2-1-8(11(14)15)7-10(9)17-6-4-13/h1-2,7,12-14H,3-6H2/q-1. The summed E-state index contributed by atoms with van der Waals surface area (Å²) in [5.41, 5.74) is -0.0192. The number of aliphatic hydroxyl groups is 2. The molecule has 0 unspecified atom stereocenters. The van der Waals surface area contributed by atoms with Crippen molar-refractivity contribution >= 4 is 5.69 Å². The molecule has 3 N–H and O–H groups in total. The molecule has 0 spiro atoms. The summed E-state index contributed by atoms with van der Waals surface area (Å²) in [5.74, 6) is 0.526. The van der Waals surface area contributed by atoms with Gasteiger partial charge >= 0.3 is 0 Å².